The minimum Gasteiger partial charge on any atom is -0.492 e. The summed E-state index contributed by atoms with van der Waals surface area (Å²) in [5.41, 5.74) is 0.508. The molecule has 0 bridgehead atoms. The van der Waals surface area contributed by atoms with Crippen LogP contribution >= 0.6 is 15.9 Å². The molecule has 0 radical (unpaired) electrons. The maximum absolute atomic E-state index is 13.1. The molecule has 2 nitrogen and oxygen atoms in total. The normalized spacial score (nSPS) is 9.80. The van der Waals surface area contributed by atoms with Gasteiger partial charge >= 0.3 is 0 Å². The Morgan fingerprint density at radius 3 is 2.80 bits per heavy atom. The molecular weight excluding hydrogens is 263 g/mol. The van der Waals surface area contributed by atoms with Crippen molar-refractivity contribution in [2.45, 2.75) is 6.92 Å². The molecule has 1 rings (SSSR count). The van der Waals surface area contributed by atoms with Crippen molar-refractivity contribution < 1.29 is 13.9 Å². The largest absolute Gasteiger partial charge is 0.492 e. The maximum Gasteiger partial charge on any atom is 0.153 e. The van der Waals surface area contributed by atoms with Crippen molar-refractivity contribution >= 4 is 28.0 Å². The van der Waals surface area contributed by atoms with E-state index in [1.807, 2.05) is 0 Å². The Kier molecular flexibility index (Phi) is 4.03. The number of aldehydes is 1. The standard InChI is InChI=1S/C11H10BrFO2/c1-3-15-11-8(6-14)4-9(12)5-10(11)7(2)13/h4-6H,2-3H2,1H3. The topological polar surface area (TPSA) is 26.3 Å². The van der Waals surface area contributed by atoms with Crippen LogP contribution in [-0.4, -0.2) is 12.9 Å². The lowest BCUT2D eigenvalue weighted by Crippen LogP contribution is -1.99. The molecule has 0 aliphatic rings. The predicted molar refractivity (Wildman–Crippen MR) is 60.8 cm³/mol. The quantitative estimate of drug-likeness (QED) is 0.783. The second-order valence-electron chi connectivity index (χ2n) is 2.83. The molecule has 0 fully saturated rings. The van der Waals surface area contributed by atoms with E-state index in [4.69, 9.17) is 4.74 Å². The summed E-state index contributed by atoms with van der Waals surface area (Å²) in [4.78, 5) is 10.8. The summed E-state index contributed by atoms with van der Waals surface area (Å²) in [6, 6.07) is 3.10. The van der Waals surface area contributed by atoms with Crippen LogP contribution in [0.25, 0.3) is 5.83 Å². The summed E-state index contributed by atoms with van der Waals surface area (Å²) in [6.07, 6.45) is 0.627. The van der Waals surface area contributed by atoms with Gasteiger partial charge in [0.05, 0.1) is 17.7 Å². The van der Waals surface area contributed by atoms with Gasteiger partial charge in [-0.25, -0.2) is 4.39 Å². The molecule has 0 spiro atoms. The Labute approximate surface area is 95.9 Å². The fraction of sp³-hybridized carbons (Fsp3) is 0.182. The van der Waals surface area contributed by atoms with E-state index in [9.17, 15) is 9.18 Å². The molecule has 0 saturated carbocycles. The summed E-state index contributed by atoms with van der Waals surface area (Å²) in [5.74, 6) is -0.383. The highest BCUT2D eigenvalue weighted by atomic mass is 79.9. The van der Waals surface area contributed by atoms with Gasteiger partial charge in [0, 0.05) is 4.47 Å². The number of benzene rings is 1. The van der Waals surface area contributed by atoms with Crippen molar-refractivity contribution in [3.8, 4) is 5.75 Å². The van der Waals surface area contributed by atoms with Gasteiger partial charge in [0.1, 0.15) is 11.6 Å². The number of halogens is 2. The third-order valence-corrected chi connectivity index (χ3v) is 2.25. The zero-order valence-electron chi connectivity index (χ0n) is 8.22. The van der Waals surface area contributed by atoms with Crippen molar-refractivity contribution in [1.29, 1.82) is 0 Å². The van der Waals surface area contributed by atoms with Gasteiger partial charge in [-0.3, -0.25) is 4.79 Å². The average molecular weight is 273 g/mol. The van der Waals surface area contributed by atoms with Gasteiger partial charge in [0.2, 0.25) is 0 Å². The molecule has 0 saturated heterocycles. The average Bonchev–Trinajstić information content (AvgIpc) is 2.19. The van der Waals surface area contributed by atoms with Gasteiger partial charge in [-0.05, 0) is 19.1 Å². The molecule has 0 unspecified atom stereocenters. The first-order valence-corrected chi connectivity index (χ1v) is 5.15. The highest BCUT2D eigenvalue weighted by Crippen LogP contribution is 2.32. The number of ether oxygens (including phenoxy) is 1. The van der Waals surface area contributed by atoms with Crippen LogP contribution in [0, 0.1) is 0 Å². The van der Waals surface area contributed by atoms with Gasteiger partial charge in [0.25, 0.3) is 0 Å². The number of hydrogen-bond acceptors (Lipinski definition) is 2. The molecule has 0 aromatic heterocycles. The lowest BCUT2D eigenvalue weighted by atomic mass is 10.1. The minimum atomic E-state index is -0.622. The van der Waals surface area contributed by atoms with E-state index in [-0.39, 0.29) is 11.3 Å². The third-order valence-electron chi connectivity index (χ3n) is 1.79. The molecule has 0 aliphatic carbocycles. The summed E-state index contributed by atoms with van der Waals surface area (Å²) in [5, 5.41) is 0. The van der Waals surface area contributed by atoms with E-state index in [0.29, 0.717) is 22.9 Å². The predicted octanol–water partition coefficient (Wildman–Crippen LogP) is 3.60. The van der Waals surface area contributed by atoms with Crippen molar-refractivity contribution in [2.75, 3.05) is 6.61 Å². The third kappa shape index (κ3) is 2.65. The molecule has 0 amide bonds. The van der Waals surface area contributed by atoms with Crippen molar-refractivity contribution in [3.63, 3.8) is 0 Å². The van der Waals surface area contributed by atoms with Gasteiger partial charge < -0.3 is 4.74 Å². The first kappa shape index (κ1) is 11.9. The summed E-state index contributed by atoms with van der Waals surface area (Å²) < 4.78 is 18.9. The Morgan fingerprint density at radius 1 is 1.67 bits per heavy atom. The van der Waals surface area contributed by atoms with E-state index in [1.165, 1.54) is 6.07 Å². The Morgan fingerprint density at radius 2 is 2.33 bits per heavy atom. The molecule has 0 N–H and O–H groups in total. The molecule has 0 aliphatic heterocycles. The van der Waals surface area contributed by atoms with Crippen molar-refractivity contribution in [1.82, 2.24) is 0 Å². The number of hydrogen-bond donors (Lipinski definition) is 0. The molecule has 15 heavy (non-hydrogen) atoms. The SMILES string of the molecule is C=C(F)c1cc(Br)cc(C=O)c1OCC. The van der Waals surface area contributed by atoms with Crippen LogP contribution in [0.4, 0.5) is 4.39 Å². The van der Waals surface area contributed by atoms with Gasteiger partial charge in [0.15, 0.2) is 6.29 Å². The Hall–Kier alpha value is -1.16. The molecule has 80 valence electrons. The van der Waals surface area contributed by atoms with Gasteiger partial charge in [-0.2, -0.15) is 0 Å². The van der Waals surface area contributed by atoms with Crippen molar-refractivity contribution in [2.24, 2.45) is 0 Å². The number of carbonyl (C=O) groups excluding carboxylic acids is 1. The molecule has 0 heterocycles. The number of carbonyl (C=O) groups is 1. The second kappa shape index (κ2) is 5.07. The number of rotatable bonds is 4. The first-order valence-electron chi connectivity index (χ1n) is 4.36. The van der Waals surface area contributed by atoms with Crippen LogP contribution in [0.3, 0.4) is 0 Å². The van der Waals surface area contributed by atoms with Crippen LogP contribution in [0.5, 0.6) is 5.75 Å². The molecule has 1 aromatic rings. The Bertz CT molecular complexity index is 402. The van der Waals surface area contributed by atoms with E-state index in [0.717, 1.165) is 0 Å². The van der Waals surface area contributed by atoms with E-state index in [2.05, 4.69) is 22.5 Å². The summed E-state index contributed by atoms with van der Waals surface area (Å²) >= 11 is 3.19. The molecular formula is C11H10BrFO2. The van der Waals surface area contributed by atoms with E-state index < -0.39 is 5.83 Å². The highest BCUT2D eigenvalue weighted by Gasteiger charge is 2.13. The first-order chi connectivity index (χ1) is 7.10. The Balaban J connectivity index is 3.39. The van der Waals surface area contributed by atoms with Crippen molar-refractivity contribution in [3.05, 3.63) is 34.3 Å². The zero-order chi connectivity index (χ0) is 11.4. The molecule has 4 heteroatoms. The second-order valence-corrected chi connectivity index (χ2v) is 3.74. The van der Waals surface area contributed by atoms with Crippen LogP contribution in [0.15, 0.2) is 23.2 Å². The van der Waals surface area contributed by atoms with Crippen LogP contribution < -0.4 is 4.74 Å². The molecule has 1 aromatic carbocycles. The van der Waals surface area contributed by atoms with Crippen LogP contribution in [0.1, 0.15) is 22.8 Å². The maximum atomic E-state index is 13.1. The smallest absolute Gasteiger partial charge is 0.153 e. The zero-order valence-corrected chi connectivity index (χ0v) is 9.80. The fourth-order valence-corrected chi connectivity index (χ4v) is 1.68. The minimum absolute atomic E-state index is 0.202. The molecule has 0 atom stereocenters. The van der Waals surface area contributed by atoms with E-state index >= 15 is 0 Å². The fourth-order valence-electron chi connectivity index (χ4n) is 1.21. The highest BCUT2D eigenvalue weighted by molar-refractivity contribution is 9.10. The summed E-state index contributed by atoms with van der Waals surface area (Å²) in [6.45, 7) is 5.33. The van der Waals surface area contributed by atoms with E-state index in [1.54, 1.807) is 13.0 Å². The monoisotopic (exact) mass is 272 g/mol. The lowest BCUT2D eigenvalue weighted by molar-refractivity contribution is 0.111. The lowest BCUT2D eigenvalue weighted by Gasteiger charge is -2.11. The van der Waals surface area contributed by atoms with Gasteiger partial charge in [-0.1, -0.05) is 22.5 Å². The summed E-state index contributed by atoms with van der Waals surface area (Å²) in [7, 11) is 0. The van der Waals surface area contributed by atoms with Crippen LogP contribution in [-0.2, 0) is 0 Å². The van der Waals surface area contributed by atoms with Crippen LogP contribution in [0.2, 0.25) is 0 Å². The van der Waals surface area contributed by atoms with Gasteiger partial charge in [-0.15, -0.1) is 0 Å².